The molecule has 1 fully saturated rings. The van der Waals surface area contributed by atoms with Gasteiger partial charge in [-0.2, -0.15) is 13.2 Å². The molecule has 11 heteroatoms. The van der Waals surface area contributed by atoms with Crippen LogP contribution in [0.2, 0.25) is 0 Å². The second kappa shape index (κ2) is 8.96. The van der Waals surface area contributed by atoms with Gasteiger partial charge >= 0.3 is 12.2 Å². The molecule has 34 heavy (non-hydrogen) atoms. The van der Waals surface area contributed by atoms with Crippen molar-refractivity contribution in [1.82, 2.24) is 20.4 Å². The van der Waals surface area contributed by atoms with Crippen LogP contribution in [0.1, 0.15) is 43.5 Å². The van der Waals surface area contributed by atoms with Crippen molar-refractivity contribution in [3.05, 3.63) is 53.5 Å². The molecule has 1 atom stereocenters. The van der Waals surface area contributed by atoms with E-state index < -0.39 is 29.3 Å². The zero-order valence-corrected chi connectivity index (χ0v) is 18.6. The maximum Gasteiger partial charge on any atom is 0.437 e. The fourth-order valence-electron chi connectivity index (χ4n) is 4.17. The molecule has 180 valence electrons. The summed E-state index contributed by atoms with van der Waals surface area (Å²) >= 11 is 0. The molecule has 0 bridgehead atoms. The van der Waals surface area contributed by atoms with Crippen molar-refractivity contribution in [2.75, 3.05) is 13.2 Å². The molecule has 3 heterocycles. The molecule has 1 aliphatic heterocycles. The van der Waals surface area contributed by atoms with E-state index in [4.69, 9.17) is 9.26 Å². The number of nitrogens with zero attached hydrogens (tertiary/aromatic N) is 3. The van der Waals surface area contributed by atoms with Gasteiger partial charge in [0, 0.05) is 24.5 Å². The number of hydrogen-bond donors (Lipinski definition) is 1. The summed E-state index contributed by atoms with van der Waals surface area (Å²) in [5.41, 5.74) is -1.04. The Morgan fingerprint density at radius 2 is 1.91 bits per heavy atom. The number of halogens is 3. The van der Waals surface area contributed by atoms with Crippen molar-refractivity contribution in [2.24, 2.45) is 0 Å². The van der Waals surface area contributed by atoms with Crippen LogP contribution in [0.5, 0.6) is 5.75 Å². The lowest BCUT2D eigenvalue weighted by molar-refractivity contribution is -0.141. The van der Waals surface area contributed by atoms with E-state index in [1.165, 1.54) is 17.0 Å². The summed E-state index contributed by atoms with van der Waals surface area (Å²) in [4.78, 5) is 30.4. The Balaban J connectivity index is 1.49. The number of pyridine rings is 1. The molecule has 1 aliphatic rings. The first-order valence-corrected chi connectivity index (χ1v) is 10.8. The van der Waals surface area contributed by atoms with Gasteiger partial charge < -0.3 is 14.2 Å². The van der Waals surface area contributed by atoms with E-state index in [0.717, 1.165) is 0 Å². The number of alkyl halides is 3. The third-order valence-corrected chi connectivity index (χ3v) is 5.94. The Kier molecular flexibility index (Phi) is 6.20. The lowest BCUT2D eigenvalue weighted by Gasteiger charge is -2.32. The zero-order valence-electron chi connectivity index (χ0n) is 18.6. The summed E-state index contributed by atoms with van der Waals surface area (Å²) in [6, 6.07) is 5.63. The van der Waals surface area contributed by atoms with Crippen molar-refractivity contribution in [1.29, 1.82) is 0 Å². The van der Waals surface area contributed by atoms with Gasteiger partial charge in [-0.3, -0.25) is 15.1 Å². The molecule has 3 amide bonds. The number of carbonyl (C=O) groups is 2. The number of rotatable bonds is 8. The Morgan fingerprint density at radius 1 is 1.18 bits per heavy atom. The third-order valence-electron chi connectivity index (χ3n) is 5.94. The first-order valence-electron chi connectivity index (χ1n) is 10.8. The van der Waals surface area contributed by atoms with E-state index in [9.17, 15) is 22.8 Å². The van der Waals surface area contributed by atoms with Crippen molar-refractivity contribution < 1.29 is 32.0 Å². The Hall–Kier alpha value is -3.63. The van der Waals surface area contributed by atoms with Crippen LogP contribution in [0.4, 0.5) is 18.0 Å². The summed E-state index contributed by atoms with van der Waals surface area (Å²) in [5, 5.41) is 5.46. The van der Waals surface area contributed by atoms with Gasteiger partial charge in [-0.1, -0.05) is 18.5 Å². The molecule has 8 nitrogen and oxygen atoms in total. The molecule has 3 aromatic rings. The number of carbonyl (C=O) groups excluding carboxylic acids is 2. The molecule has 1 unspecified atom stereocenters. The monoisotopic (exact) mass is 476 g/mol. The highest BCUT2D eigenvalue weighted by Gasteiger charge is 2.50. The van der Waals surface area contributed by atoms with Gasteiger partial charge in [-0.25, -0.2) is 4.79 Å². The molecule has 0 spiro atoms. The lowest BCUT2D eigenvalue weighted by atomic mass is 9.91. The normalized spacial score (nSPS) is 18.6. The molecule has 0 radical (unpaired) electrons. The van der Waals surface area contributed by atoms with Gasteiger partial charge in [0.15, 0.2) is 11.3 Å². The molecular weight excluding hydrogens is 453 g/mol. The smallest absolute Gasteiger partial charge is 0.437 e. The predicted octanol–water partition coefficient (Wildman–Crippen LogP) is 4.43. The van der Waals surface area contributed by atoms with Gasteiger partial charge in [0.2, 0.25) is 0 Å². The standard InChI is InChI=1S/C23H23F3N4O4/c1-3-5-15-17(7-6-16-18(15)34-29-19(16)23(24,25)26)33-13-4-12-30-21(32)28-20(31)22(30,2)14-8-10-27-11-9-14/h6-11H,3-5,12-13H2,1-2H3,(H,28,31,32). The fraction of sp³-hybridized carbons (Fsp3) is 0.391. The minimum absolute atomic E-state index is 0.0569. The third kappa shape index (κ3) is 4.06. The number of nitrogens with one attached hydrogen (secondary N) is 1. The first kappa shape index (κ1) is 23.5. The van der Waals surface area contributed by atoms with E-state index >= 15 is 0 Å². The number of aryl methyl sites for hydroxylation is 1. The quantitative estimate of drug-likeness (QED) is 0.382. The number of imide groups is 1. The predicted molar refractivity (Wildman–Crippen MR) is 115 cm³/mol. The second-order valence-electron chi connectivity index (χ2n) is 8.12. The number of fused-ring (bicyclic) bond motifs is 1. The summed E-state index contributed by atoms with van der Waals surface area (Å²) in [5.74, 6) is -0.0239. The second-order valence-corrected chi connectivity index (χ2v) is 8.12. The van der Waals surface area contributed by atoms with E-state index in [1.807, 2.05) is 6.92 Å². The highest BCUT2D eigenvalue weighted by molar-refractivity contribution is 6.07. The number of benzene rings is 1. The van der Waals surface area contributed by atoms with Crippen LogP contribution in [-0.4, -0.2) is 40.1 Å². The number of ether oxygens (including phenoxy) is 1. The van der Waals surface area contributed by atoms with Crippen molar-refractivity contribution in [3.63, 3.8) is 0 Å². The summed E-state index contributed by atoms with van der Waals surface area (Å²) in [6.07, 6.45) is -0.0181. The maximum absolute atomic E-state index is 13.2. The zero-order chi connectivity index (χ0) is 24.5. The van der Waals surface area contributed by atoms with Gasteiger partial charge in [-0.15, -0.1) is 0 Å². The van der Waals surface area contributed by atoms with Gasteiger partial charge in [0.1, 0.15) is 11.3 Å². The van der Waals surface area contributed by atoms with E-state index in [-0.39, 0.29) is 24.1 Å². The lowest BCUT2D eigenvalue weighted by Crippen LogP contribution is -2.45. The average Bonchev–Trinajstić information content (AvgIpc) is 3.33. The molecular formula is C23H23F3N4O4. The van der Waals surface area contributed by atoms with Crippen LogP contribution in [0.25, 0.3) is 11.0 Å². The maximum atomic E-state index is 13.2. The van der Waals surface area contributed by atoms with Crippen LogP contribution in [0, 0.1) is 0 Å². The van der Waals surface area contributed by atoms with Crippen molar-refractivity contribution in [3.8, 4) is 5.75 Å². The fourth-order valence-corrected chi connectivity index (χ4v) is 4.17. The first-order chi connectivity index (χ1) is 16.2. The molecule has 1 N–H and O–H groups in total. The topological polar surface area (TPSA) is 97.6 Å². The van der Waals surface area contributed by atoms with Crippen molar-refractivity contribution >= 4 is 22.9 Å². The van der Waals surface area contributed by atoms with Gasteiger partial charge in [0.25, 0.3) is 5.91 Å². The SMILES string of the molecule is CCCc1c(OCCCN2C(=O)NC(=O)C2(C)c2ccncc2)ccc2c(C(F)(F)F)noc12. The van der Waals surface area contributed by atoms with Crippen LogP contribution >= 0.6 is 0 Å². The summed E-state index contributed by atoms with van der Waals surface area (Å²) in [7, 11) is 0. The molecule has 4 rings (SSSR count). The Morgan fingerprint density at radius 3 is 2.59 bits per heavy atom. The Bertz CT molecular complexity index is 1210. The van der Waals surface area contributed by atoms with Gasteiger partial charge in [0.05, 0.1) is 12.0 Å². The summed E-state index contributed by atoms with van der Waals surface area (Å²) in [6.45, 7) is 3.96. The molecule has 1 aromatic carbocycles. The van der Waals surface area contributed by atoms with Crippen LogP contribution in [-0.2, 0) is 22.9 Å². The molecule has 0 saturated carbocycles. The average molecular weight is 476 g/mol. The van der Waals surface area contributed by atoms with Crippen LogP contribution in [0.15, 0.2) is 41.2 Å². The van der Waals surface area contributed by atoms with E-state index in [2.05, 4.69) is 15.5 Å². The number of aromatic nitrogens is 2. The highest BCUT2D eigenvalue weighted by Crippen LogP contribution is 2.38. The van der Waals surface area contributed by atoms with E-state index in [0.29, 0.717) is 36.1 Å². The molecule has 1 saturated heterocycles. The summed E-state index contributed by atoms with van der Waals surface area (Å²) < 4.78 is 50.5. The van der Waals surface area contributed by atoms with Crippen molar-refractivity contribution in [2.45, 2.75) is 44.8 Å². The number of amides is 3. The Labute approximate surface area is 193 Å². The molecule has 0 aliphatic carbocycles. The van der Waals surface area contributed by atoms with Crippen LogP contribution < -0.4 is 10.1 Å². The highest BCUT2D eigenvalue weighted by atomic mass is 19.4. The largest absolute Gasteiger partial charge is 0.493 e. The van der Waals surface area contributed by atoms with E-state index in [1.54, 1.807) is 31.5 Å². The number of hydrogen-bond acceptors (Lipinski definition) is 6. The van der Waals surface area contributed by atoms with Crippen LogP contribution in [0.3, 0.4) is 0 Å². The number of urea groups is 1. The van der Waals surface area contributed by atoms with Gasteiger partial charge in [-0.05, 0) is 49.6 Å². The molecule has 2 aromatic heterocycles. The minimum atomic E-state index is -4.62. The minimum Gasteiger partial charge on any atom is -0.493 e.